The normalized spacial score (nSPS) is 25.0. The number of carbonyl (C=O) groups excluding carboxylic acids is 3. The molecule has 0 aromatic heterocycles. The van der Waals surface area contributed by atoms with Crippen molar-refractivity contribution in [2.75, 3.05) is 40.3 Å². The largest absolute Gasteiger partial charge is 0.507 e. The summed E-state index contributed by atoms with van der Waals surface area (Å²) >= 11 is 0. The van der Waals surface area contributed by atoms with Crippen LogP contribution in [0.15, 0.2) is 58.2 Å². The molecule has 0 amide bonds. The van der Waals surface area contributed by atoms with E-state index < -0.39 is 40.4 Å². The Morgan fingerprint density at radius 2 is 1.65 bits per heavy atom. The summed E-state index contributed by atoms with van der Waals surface area (Å²) in [5.74, 6) is -2.52. The fourth-order valence-corrected chi connectivity index (χ4v) is 8.70. The van der Waals surface area contributed by atoms with Gasteiger partial charge in [-0.15, -0.1) is 0 Å². The molecule has 10 nitrogen and oxygen atoms in total. The number of ketones is 2. The molecule has 2 fully saturated rings. The van der Waals surface area contributed by atoms with E-state index >= 15 is 0 Å². The van der Waals surface area contributed by atoms with E-state index in [0.29, 0.717) is 30.5 Å². The number of Topliss-reactive ketones (excluding diaryl/α,β-unsaturated/α-hetero) is 2. The van der Waals surface area contributed by atoms with E-state index in [9.17, 15) is 24.6 Å². The molecule has 1 spiro atoms. The number of hydrogen-bond acceptors (Lipinski definition) is 10. The van der Waals surface area contributed by atoms with Gasteiger partial charge in [-0.25, -0.2) is 4.79 Å². The summed E-state index contributed by atoms with van der Waals surface area (Å²) < 4.78 is 19.5. The number of ether oxygens (including phenoxy) is 3. The van der Waals surface area contributed by atoms with Crippen molar-refractivity contribution in [2.45, 2.75) is 117 Å². The van der Waals surface area contributed by atoms with Crippen molar-refractivity contribution in [1.82, 2.24) is 10.2 Å². The molecule has 5 aliphatic rings. The molecule has 1 saturated carbocycles. The zero-order valence-electron chi connectivity index (χ0n) is 34.6. The SMILES string of the molecule is CC(C)=CCC/C(C)=C/Cc1c(O)c(CC=C(C)C)c2c(c1O)C(=O)C1=CC3CC4C(C)(C)OC(C/C=C(/C)C(=O)OCCCNCCN(C)C)(C3=O)C14O2. The molecule has 10 heteroatoms. The Bertz CT molecular complexity index is 1860. The highest BCUT2D eigenvalue weighted by Gasteiger charge is 2.81. The second-order valence-corrected chi connectivity index (χ2v) is 17.1. The third-order valence-electron chi connectivity index (χ3n) is 11.6. The van der Waals surface area contributed by atoms with Gasteiger partial charge in [0, 0.05) is 53.6 Å². The smallest absolute Gasteiger partial charge is 0.333 e. The Hall–Kier alpha value is -3.99. The lowest BCUT2D eigenvalue weighted by Crippen LogP contribution is -2.72. The average molecular weight is 759 g/mol. The van der Waals surface area contributed by atoms with Crippen LogP contribution in [0.5, 0.6) is 17.2 Å². The Morgan fingerprint density at radius 3 is 2.33 bits per heavy atom. The summed E-state index contributed by atoms with van der Waals surface area (Å²) in [6.45, 7) is 18.2. The van der Waals surface area contributed by atoms with Gasteiger partial charge in [-0.3, -0.25) is 9.59 Å². The van der Waals surface area contributed by atoms with Crippen LogP contribution in [-0.2, 0) is 31.9 Å². The van der Waals surface area contributed by atoms with Crippen LogP contribution in [0.25, 0.3) is 0 Å². The van der Waals surface area contributed by atoms with Gasteiger partial charge in [-0.05, 0) is 115 Å². The number of aromatic hydroxyl groups is 2. The molecule has 4 atom stereocenters. The first kappa shape index (κ1) is 42.2. The van der Waals surface area contributed by atoms with E-state index in [-0.39, 0.29) is 65.6 Å². The Labute approximate surface area is 327 Å². The van der Waals surface area contributed by atoms with E-state index in [2.05, 4.69) is 30.1 Å². The van der Waals surface area contributed by atoms with Gasteiger partial charge in [0.2, 0.25) is 0 Å². The molecule has 3 aliphatic carbocycles. The van der Waals surface area contributed by atoms with Crippen LogP contribution in [0.2, 0.25) is 0 Å². The first-order chi connectivity index (χ1) is 25.9. The van der Waals surface area contributed by atoms with Crippen LogP contribution >= 0.6 is 0 Å². The molecule has 1 aromatic carbocycles. The number of phenols is 2. The number of phenolic OH excluding ortho intramolecular Hbond substituents is 2. The molecule has 0 radical (unpaired) electrons. The Kier molecular flexibility index (Phi) is 12.7. The van der Waals surface area contributed by atoms with Crippen LogP contribution < -0.4 is 10.1 Å². The highest BCUT2D eigenvalue weighted by molar-refractivity contribution is 6.18. The molecule has 4 unspecified atom stereocenters. The summed E-state index contributed by atoms with van der Waals surface area (Å²) in [6, 6.07) is 0. The van der Waals surface area contributed by atoms with Crippen molar-refractivity contribution in [3.8, 4) is 17.2 Å². The molecular weight excluding hydrogens is 697 g/mol. The van der Waals surface area contributed by atoms with Gasteiger partial charge in [0.25, 0.3) is 0 Å². The van der Waals surface area contributed by atoms with Crippen LogP contribution in [0.1, 0.15) is 109 Å². The summed E-state index contributed by atoms with van der Waals surface area (Å²) in [4.78, 5) is 44.7. The third kappa shape index (κ3) is 8.00. The number of nitrogens with zero attached hydrogens (tertiary/aromatic N) is 1. The molecule has 3 N–H and O–H groups in total. The van der Waals surface area contributed by atoms with Gasteiger partial charge >= 0.3 is 5.97 Å². The predicted molar refractivity (Wildman–Crippen MR) is 215 cm³/mol. The Morgan fingerprint density at radius 1 is 0.964 bits per heavy atom. The zero-order valence-corrected chi connectivity index (χ0v) is 34.6. The predicted octanol–water partition coefficient (Wildman–Crippen LogP) is 7.27. The van der Waals surface area contributed by atoms with Gasteiger partial charge in [0.15, 0.2) is 22.8 Å². The number of carbonyl (C=O) groups is 3. The molecule has 2 aliphatic heterocycles. The average Bonchev–Trinajstić information content (AvgIpc) is 3.26. The minimum absolute atomic E-state index is 0.00344. The molecule has 1 saturated heterocycles. The van der Waals surface area contributed by atoms with Crippen molar-refractivity contribution in [2.24, 2.45) is 11.8 Å². The van der Waals surface area contributed by atoms with Crippen molar-refractivity contribution < 1.29 is 38.8 Å². The van der Waals surface area contributed by atoms with Gasteiger partial charge in [-0.1, -0.05) is 47.1 Å². The quantitative estimate of drug-likeness (QED) is 0.0645. The van der Waals surface area contributed by atoms with Crippen molar-refractivity contribution in [3.63, 3.8) is 0 Å². The maximum absolute atomic E-state index is 14.9. The minimum atomic E-state index is -1.64. The number of fused-ring (bicyclic) bond motifs is 1. The fraction of sp³-hybridized carbons (Fsp3) is 0.578. The summed E-state index contributed by atoms with van der Waals surface area (Å²) in [7, 11) is 4.03. The molecule has 4 bridgehead atoms. The van der Waals surface area contributed by atoms with E-state index in [1.165, 1.54) is 5.57 Å². The first-order valence-corrected chi connectivity index (χ1v) is 19.8. The maximum Gasteiger partial charge on any atom is 0.333 e. The number of nitrogens with one attached hydrogen (secondary N) is 1. The topological polar surface area (TPSA) is 135 Å². The van der Waals surface area contributed by atoms with Crippen LogP contribution in [0.3, 0.4) is 0 Å². The molecule has 2 heterocycles. The molecule has 1 aromatic rings. The second-order valence-electron chi connectivity index (χ2n) is 17.1. The van der Waals surface area contributed by atoms with Crippen molar-refractivity contribution in [3.05, 3.63) is 74.9 Å². The second kappa shape index (κ2) is 16.6. The standard InChI is InChI=1S/C45H62N2O8/c1-27(2)13-11-14-29(5)16-18-32-37(48)33(17-15-28(3)4)40-36(38(32)49)39(50)34-25-31-26-35-43(7,8)55-44(41(31)51,45(34,35)54-40)20-19-30(6)42(52)53-24-12-21-46-22-23-47(9)10/h13,15-16,19,25,31,35,46,48-49H,11-12,14,17-18,20-24,26H2,1-10H3/b29-16+,30-19-. The lowest BCUT2D eigenvalue weighted by atomic mass is 9.51. The lowest BCUT2D eigenvalue weighted by molar-refractivity contribution is -0.171. The van der Waals surface area contributed by atoms with Crippen molar-refractivity contribution >= 4 is 17.5 Å². The minimum Gasteiger partial charge on any atom is -0.507 e. The number of benzene rings is 1. The van der Waals surface area contributed by atoms with E-state index in [1.807, 2.05) is 60.9 Å². The Balaban J connectivity index is 1.52. The number of hydrogen-bond donors (Lipinski definition) is 3. The van der Waals surface area contributed by atoms with Gasteiger partial charge in [0.05, 0.1) is 12.2 Å². The van der Waals surface area contributed by atoms with E-state index in [4.69, 9.17) is 14.2 Å². The highest BCUT2D eigenvalue weighted by atomic mass is 16.6. The maximum atomic E-state index is 14.9. The van der Waals surface area contributed by atoms with Crippen LogP contribution in [0.4, 0.5) is 0 Å². The van der Waals surface area contributed by atoms with Gasteiger partial charge in [0.1, 0.15) is 22.8 Å². The number of rotatable bonds is 17. The van der Waals surface area contributed by atoms with Gasteiger partial charge < -0.3 is 34.6 Å². The van der Waals surface area contributed by atoms with Crippen LogP contribution in [-0.4, -0.2) is 89.8 Å². The van der Waals surface area contributed by atoms with Crippen LogP contribution in [0, 0.1) is 11.8 Å². The molecule has 6 rings (SSSR count). The van der Waals surface area contributed by atoms with Crippen molar-refractivity contribution in [1.29, 1.82) is 0 Å². The van der Waals surface area contributed by atoms with Gasteiger partial charge in [-0.2, -0.15) is 0 Å². The summed E-state index contributed by atoms with van der Waals surface area (Å²) in [5, 5.41) is 27.1. The monoisotopic (exact) mass is 758 g/mol. The summed E-state index contributed by atoms with van der Waals surface area (Å²) in [6.07, 6.45) is 12.7. The third-order valence-corrected chi connectivity index (χ3v) is 11.6. The van der Waals surface area contributed by atoms with E-state index in [0.717, 1.165) is 37.1 Å². The van der Waals surface area contributed by atoms with E-state index in [1.54, 1.807) is 19.1 Å². The number of allylic oxidation sites excluding steroid dienone is 7. The zero-order chi connectivity index (χ0) is 40.5. The lowest BCUT2D eigenvalue weighted by Gasteiger charge is -2.56. The molecular formula is C45H62N2O8. The molecule has 300 valence electrons. The molecule has 55 heavy (non-hydrogen) atoms. The fourth-order valence-electron chi connectivity index (χ4n) is 8.70. The first-order valence-electron chi connectivity index (χ1n) is 19.8. The summed E-state index contributed by atoms with van der Waals surface area (Å²) in [5.41, 5.74) is 0.522. The number of esters is 1. The highest BCUT2D eigenvalue weighted by Crippen LogP contribution is 2.68. The number of likely N-dealkylation sites (N-methyl/N-ethyl adjacent to an activating group) is 1.